The van der Waals surface area contributed by atoms with Gasteiger partial charge < -0.3 is 15.8 Å². The monoisotopic (exact) mass is 363 g/mol. The van der Waals surface area contributed by atoms with Gasteiger partial charge >= 0.3 is 5.97 Å². The van der Waals surface area contributed by atoms with Gasteiger partial charge in [0.15, 0.2) is 6.61 Å². The third-order valence-electron chi connectivity index (χ3n) is 3.28. The Hall–Kier alpha value is -3.13. The molecule has 0 aliphatic heterocycles. The summed E-state index contributed by atoms with van der Waals surface area (Å²) in [6.45, 7) is 1.01. The van der Waals surface area contributed by atoms with E-state index in [0.29, 0.717) is 10.6 Å². The summed E-state index contributed by atoms with van der Waals surface area (Å²) < 4.78 is 4.88. The number of nitrogens with one attached hydrogen (secondary N) is 1. The molecule has 0 unspecified atom stereocenters. The van der Waals surface area contributed by atoms with Crippen molar-refractivity contribution >= 4 is 40.5 Å². The van der Waals surface area contributed by atoms with Crippen LogP contribution in [-0.2, 0) is 9.53 Å². The molecule has 0 aliphatic rings. The minimum atomic E-state index is -0.766. The van der Waals surface area contributed by atoms with Crippen LogP contribution in [0.5, 0.6) is 0 Å². The number of nitrogens with two attached hydrogens (primary N) is 1. The quantitative estimate of drug-likeness (QED) is 0.364. The molecular formula is C16H14ClN3O5. The summed E-state index contributed by atoms with van der Waals surface area (Å²) in [5, 5.41) is 13.7. The molecule has 0 bridgehead atoms. The smallest absolute Gasteiger partial charge is 0.338 e. The maximum atomic E-state index is 11.9. The molecule has 0 spiro atoms. The van der Waals surface area contributed by atoms with Crippen LogP contribution < -0.4 is 11.1 Å². The molecule has 25 heavy (non-hydrogen) atoms. The van der Waals surface area contributed by atoms with Gasteiger partial charge in [0.2, 0.25) is 0 Å². The van der Waals surface area contributed by atoms with Crippen LogP contribution in [0.25, 0.3) is 0 Å². The van der Waals surface area contributed by atoms with Crippen molar-refractivity contribution in [2.75, 3.05) is 17.7 Å². The first-order valence-corrected chi connectivity index (χ1v) is 7.43. The van der Waals surface area contributed by atoms with Crippen molar-refractivity contribution in [3.8, 4) is 0 Å². The molecule has 0 heterocycles. The number of hydrogen-bond acceptors (Lipinski definition) is 6. The highest BCUT2D eigenvalue weighted by Crippen LogP contribution is 2.27. The number of esters is 1. The summed E-state index contributed by atoms with van der Waals surface area (Å²) >= 11 is 5.76. The van der Waals surface area contributed by atoms with Gasteiger partial charge in [-0.1, -0.05) is 23.7 Å². The van der Waals surface area contributed by atoms with E-state index in [1.807, 2.05) is 0 Å². The number of ether oxygens (including phenoxy) is 1. The molecule has 3 N–H and O–H groups in total. The molecule has 0 aliphatic carbocycles. The van der Waals surface area contributed by atoms with Crippen molar-refractivity contribution in [2.45, 2.75) is 6.92 Å². The summed E-state index contributed by atoms with van der Waals surface area (Å²) in [5.41, 5.74) is 6.26. The lowest BCUT2D eigenvalue weighted by Gasteiger charge is -2.09. The Morgan fingerprint density at radius 2 is 2.04 bits per heavy atom. The summed E-state index contributed by atoms with van der Waals surface area (Å²) in [4.78, 5) is 34.2. The first kappa shape index (κ1) is 18.2. The van der Waals surface area contributed by atoms with Crippen molar-refractivity contribution in [3.63, 3.8) is 0 Å². The Kier molecular flexibility index (Phi) is 5.56. The molecule has 0 aromatic heterocycles. The van der Waals surface area contributed by atoms with E-state index in [1.165, 1.54) is 30.3 Å². The zero-order valence-corrected chi connectivity index (χ0v) is 13.9. The predicted molar refractivity (Wildman–Crippen MR) is 92.6 cm³/mol. The van der Waals surface area contributed by atoms with Gasteiger partial charge in [-0.3, -0.25) is 14.9 Å². The predicted octanol–water partition coefficient (Wildman–Crippen LogP) is 2.93. The molecule has 130 valence electrons. The van der Waals surface area contributed by atoms with Crippen LogP contribution in [-0.4, -0.2) is 23.4 Å². The number of aryl methyl sites for hydroxylation is 1. The average Bonchev–Trinajstić information content (AvgIpc) is 2.56. The van der Waals surface area contributed by atoms with E-state index in [0.717, 1.165) is 0 Å². The molecule has 0 radical (unpaired) electrons. The van der Waals surface area contributed by atoms with Gasteiger partial charge in [-0.25, -0.2) is 4.79 Å². The fourth-order valence-electron chi connectivity index (χ4n) is 2.03. The number of hydrogen-bond donors (Lipinski definition) is 2. The van der Waals surface area contributed by atoms with Crippen LogP contribution in [0.1, 0.15) is 15.9 Å². The van der Waals surface area contributed by atoms with Crippen molar-refractivity contribution in [1.82, 2.24) is 0 Å². The molecule has 0 atom stereocenters. The fourth-order valence-corrected chi connectivity index (χ4v) is 2.15. The Morgan fingerprint density at radius 3 is 2.68 bits per heavy atom. The third kappa shape index (κ3) is 4.45. The van der Waals surface area contributed by atoms with Crippen molar-refractivity contribution in [1.29, 1.82) is 0 Å². The molecule has 0 saturated carbocycles. The molecule has 2 aromatic carbocycles. The van der Waals surface area contributed by atoms with Gasteiger partial charge in [-0.2, -0.15) is 0 Å². The van der Waals surface area contributed by atoms with Crippen LogP contribution in [0.2, 0.25) is 5.02 Å². The number of nitro groups is 1. The lowest BCUT2D eigenvalue weighted by Crippen LogP contribution is -2.22. The summed E-state index contributed by atoms with van der Waals surface area (Å²) in [5.74, 6) is -1.47. The largest absolute Gasteiger partial charge is 0.452 e. The SMILES string of the molecule is Cc1cccc([N+](=O)[O-])c1NC(=O)COC(=O)c1ccc(Cl)c(N)c1. The van der Waals surface area contributed by atoms with Crippen molar-refractivity contribution in [3.05, 3.63) is 62.7 Å². The number of carbonyl (C=O) groups is 2. The molecule has 8 nitrogen and oxygen atoms in total. The number of nitrogens with zero attached hydrogens (tertiary/aromatic N) is 1. The van der Waals surface area contributed by atoms with Gasteiger partial charge in [-0.05, 0) is 30.7 Å². The Morgan fingerprint density at radius 1 is 1.32 bits per heavy atom. The number of nitrogen functional groups attached to an aromatic ring is 1. The summed E-state index contributed by atoms with van der Waals surface area (Å²) in [6, 6.07) is 8.56. The van der Waals surface area contributed by atoms with Gasteiger partial charge in [0.25, 0.3) is 11.6 Å². The zero-order chi connectivity index (χ0) is 18.6. The van der Waals surface area contributed by atoms with Gasteiger partial charge in [0.1, 0.15) is 5.69 Å². The van der Waals surface area contributed by atoms with Crippen LogP contribution >= 0.6 is 11.6 Å². The number of benzene rings is 2. The number of rotatable bonds is 5. The minimum Gasteiger partial charge on any atom is -0.452 e. The molecule has 9 heteroatoms. The molecule has 2 aromatic rings. The third-order valence-corrected chi connectivity index (χ3v) is 3.62. The lowest BCUT2D eigenvalue weighted by atomic mass is 10.1. The number of nitro benzene ring substituents is 1. The first-order chi connectivity index (χ1) is 11.8. The maximum absolute atomic E-state index is 11.9. The van der Waals surface area contributed by atoms with Gasteiger partial charge in [0, 0.05) is 6.07 Å². The van der Waals surface area contributed by atoms with E-state index in [4.69, 9.17) is 22.1 Å². The van der Waals surface area contributed by atoms with Crippen LogP contribution in [0.4, 0.5) is 17.1 Å². The van der Waals surface area contributed by atoms with E-state index in [-0.39, 0.29) is 22.6 Å². The van der Waals surface area contributed by atoms with Gasteiger partial charge in [0.05, 0.1) is 21.2 Å². The molecule has 2 rings (SSSR count). The Bertz CT molecular complexity index is 854. The second kappa shape index (κ2) is 7.63. The van der Waals surface area contributed by atoms with Crippen LogP contribution in [0.15, 0.2) is 36.4 Å². The fraction of sp³-hybridized carbons (Fsp3) is 0.125. The zero-order valence-electron chi connectivity index (χ0n) is 13.1. The molecule has 0 fully saturated rings. The maximum Gasteiger partial charge on any atom is 0.338 e. The standard InChI is InChI=1S/C16H14ClN3O5/c1-9-3-2-4-13(20(23)24)15(9)19-14(21)8-25-16(22)10-5-6-11(17)12(18)7-10/h2-7H,8,18H2,1H3,(H,19,21). The molecule has 0 saturated heterocycles. The minimum absolute atomic E-state index is 0.0595. The van der Waals surface area contributed by atoms with E-state index in [2.05, 4.69) is 5.32 Å². The van der Waals surface area contributed by atoms with Crippen molar-refractivity contribution in [2.24, 2.45) is 0 Å². The van der Waals surface area contributed by atoms with E-state index in [1.54, 1.807) is 13.0 Å². The first-order valence-electron chi connectivity index (χ1n) is 7.05. The Labute approximate surface area is 147 Å². The summed E-state index contributed by atoms with van der Waals surface area (Å²) in [7, 11) is 0. The van der Waals surface area contributed by atoms with E-state index in [9.17, 15) is 19.7 Å². The van der Waals surface area contributed by atoms with Crippen LogP contribution in [0, 0.1) is 17.0 Å². The number of halogens is 1. The molecular weight excluding hydrogens is 350 g/mol. The lowest BCUT2D eigenvalue weighted by molar-refractivity contribution is -0.384. The van der Waals surface area contributed by atoms with E-state index >= 15 is 0 Å². The van der Waals surface area contributed by atoms with Gasteiger partial charge in [-0.15, -0.1) is 0 Å². The highest BCUT2D eigenvalue weighted by atomic mass is 35.5. The second-order valence-electron chi connectivity index (χ2n) is 5.09. The van der Waals surface area contributed by atoms with Crippen LogP contribution in [0.3, 0.4) is 0 Å². The second-order valence-corrected chi connectivity index (χ2v) is 5.49. The summed E-state index contributed by atoms with van der Waals surface area (Å²) in [6.07, 6.45) is 0. The molecule has 1 amide bonds. The highest BCUT2D eigenvalue weighted by Gasteiger charge is 2.19. The Balaban J connectivity index is 2.03. The number of carbonyl (C=O) groups excluding carboxylic acids is 2. The van der Waals surface area contributed by atoms with E-state index < -0.39 is 23.4 Å². The number of anilines is 2. The highest BCUT2D eigenvalue weighted by molar-refractivity contribution is 6.33. The number of para-hydroxylation sites is 1. The number of amides is 1. The van der Waals surface area contributed by atoms with Crippen molar-refractivity contribution < 1.29 is 19.2 Å². The normalized spacial score (nSPS) is 10.2. The average molecular weight is 364 g/mol. The topological polar surface area (TPSA) is 125 Å².